The molecule has 1 aromatic heterocycles. The summed E-state index contributed by atoms with van der Waals surface area (Å²) in [5.41, 5.74) is 0.784. The minimum atomic E-state index is 0.552. The largest absolute Gasteiger partial charge is 0.493 e. The van der Waals surface area contributed by atoms with Gasteiger partial charge in [-0.25, -0.2) is 9.97 Å². The van der Waals surface area contributed by atoms with Gasteiger partial charge in [0.05, 0.1) is 21.3 Å². The molecule has 0 radical (unpaired) electrons. The number of aryl methyl sites for hydroxylation is 1. The topological polar surface area (TPSA) is 77.5 Å². The normalized spacial score (nSPS) is 10.3. The molecule has 1 heterocycles. The molecular weight excluding hydrogens is 320 g/mol. The number of methoxy groups -OCH3 is 3. The molecule has 0 spiro atoms. The van der Waals surface area contributed by atoms with Gasteiger partial charge < -0.3 is 24.8 Å². The van der Waals surface area contributed by atoms with Crippen molar-refractivity contribution in [2.24, 2.45) is 0 Å². The van der Waals surface area contributed by atoms with Crippen molar-refractivity contribution in [1.82, 2.24) is 9.97 Å². The Kier molecular flexibility index (Phi) is 6.68. The molecule has 2 aromatic rings. The van der Waals surface area contributed by atoms with Gasteiger partial charge in [0.25, 0.3) is 0 Å². The van der Waals surface area contributed by atoms with Crippen LogP contribution in [0.5, 0.6) is 17.2 Å². The highest BCUT2D eigenvalue weighted by molar-refractivity contribution is 5.67. The first-order valence-electron chi connectivity index (χ1n) is 8.27. The van der Waals surface area contributed by atoms with E-state index in [0.29, 0.717) is 28.9 Å². The Bertz CT molecular complexity index is 682. The van der Waals surface area contributed by atoms with Crippen LogP contribution in [-0.2, 0) is 0 Å². The van der Waals surface area contributed by atoms with Gasteiger partial charge in [-0.1, -0.05) is 13.3 Å². The number of unbranched alkanes of at least 4 members (excludes halogenated alkanes) is 1. The van der Waals surface area contributed by atoms with E-state index in [2.05, 4.69) is 27.5 Å². The second-order valence-electron chi connectivity index (χ2n) is 5.50. The van der Waals surface area contributed by atoms with E-state index < -0.39 is 0 Å². The molecule has 0 aliphatic rings. The van der Waals surface area contributed by atoms with Crippen LogP contribution in [0.1, 0.15) is 25.6 Å². The molecule has 0 fully saturated rings. The fourth-order valence-corrected chi connectivity index (χ4v) is 2.42. The lowest BCUT2D eigenvalue weighted by Crippen LogP contribution is -2.06. The maximum Gasteiger partial charge on any atom is 0.203 e. The van der Waals surface area contributed by atoms with E-state index in [4.69, 9.17) is 14.2 Å². The number of benzene rings is 1. The lowest BCUT2D eigenvalue weighted by molar-refractivity contribution is 0.324. The van der Waals surface area contributed by atoms with Crippen molar-refractivity contribution in [3.8, 4) is 17.2 Å². The zero-order valence-corrected chi connectivity index (χ0v) is 15.5. The smallest absolute Gasteiger partial charge is 0.203 e. The first-order valence-corrected chi connectivity index (χ1v) is 8.27. The molecule has 0 bridgehead atoms. The van der Waals surface area contributed by atoms with Crippen molar-refractivity contribution in [2.75, 3.05) is 38.5 Å². The van der Waals surface area contributed by atoms with E-state index in [-0.39, 0.29) is 0 Å². The number of ether oxygens (including phenoxy) is 3. The molecule has 25 heavy (non-hydrogen) atoms. The maximum absolute atomic E-state index is 5.38. The Morgan fingerprint density at radius 3 is 2.12 bits per heavy atom. The van der Waals surface area contributed by atoms with Gasteiger partial charge in [-0.3, -0.25) is 0 Å². The molecule has 0 atom stereocenters. The van der Waals surface area contributed by atoms with Crippen molar-refractivity contribution in [3.05, 3.63) is 24.0 Å². The van der Waals surface area contributed by atoms with E-state index in [1.165, 1.54) is 0 Å². The molecule has 0 unspecified atom stereocenters. The quantitative estimate of drug-likeness (QED) is 0.669. The zero-order chi connectivity index (χ0) is 18.2. The number of aromatic nitrogens is 2. The van der Waals surface area contributed by atoms with Crippen molar-refractivity contribution in [3.63, 3.8) is 0 Å². The number of rotatable bonds is 9. The van der Waals surface area contributed by atoms with Crippen LogP contribution in [0.4, 0.5) is 17.3 Å². The zero-order valence-electron chi connectivity index (χ0n) is 15.5. The fourth-order valence-electron chi connectivity index (χ4n) is 2.42. The second kappa shape index (κ2) is 8.96. The lowest BCUT2D eigenvalue weighted by atomic mass is 10.2. The molecule has 0 aliphatic carbocycles. The summed E-state index contributed by atoms with van der Waals surface area (Å²) in [6.45, 7) is 4.91. The predicted molar refractivity (Wildman–Crippen MR) is 99.5 cm³/mol. The van der Waals surface area contributed by atoms with Gasteiger partial charge in [0.15, 0.2) is 11.5 Å². The van der Waals surface area contributed by atoms with Crippen LogP contribution in [0.3, 0.4) is 0 Å². The number of hydrogen-bond donors (Lipinski definition) is 2. The van der Waals surface area contributed by atoms with Crippen LogP contribution < -0.4 is 24.8 Å². The molecule has 0 saturated heterocycles. The third-order valence-electron chi connectivity index (χ3n) is 3.61. The summed E-state index contributed by atoms with van der Waals surface area (Å²) >= 11 is 0. The predicted octanol–water partition coefficient (Wildman–Crippen LogP) is 3.77. The fraction of sp³-hybridized carbons (Fsp3) is 0.444. The van der Waals surface area contributed by atoms with Crippen molar-refractivity contribution >= 4 is 17.3 Å². The van der Waals surface area contributed by atoms with Crippen molar-refractivity contribution in [2.45, 2.75) is 26.7 Å². The summed E-state index contributed by atoms with van der Waals surface area (Å²) in [4.78, 5) is 8.85. The second-order valence-corrected chi connectivity index (χ2v) is 5.50. The highest BCUT2D eigenvalue weighted by Crippen LogP contribution is 2.40. The third kappa shape index (κ3) is 4.89. The van der Waals surface area contributed by atoms with E-state index in [9.17, 15) is 0 Å². The summed E-state index contributed by atoms with van der Waals surface area (Å²) in [6, 6.07) is 5.55. The summed E-state index contributed by atoms with van der Waals surface area (Å²) in [5.74, 6) is 3.90. The summed E-state index contributed by atoms with van der Waals surface area (Å²) in [5, 5.41) is 6.59. The van der Waals surface area contributed by atoms with Crippen LogP contribution in [0.15, 0.2) is 18.2 Å². The van der Waals surface area contributed by atoms with Crippen molar-refractivity contribution < 1.29 is 14.2 Å². The van der Waals surface area contributed by atoms with Gasteiger partial charge in [0.1, 0.15) is 17.5 Å². The summed E-state index contributed by atoms with van der Waals surface area (Å²) in [6.07, 6.45) is 2.23. The number of nitrogens with one attached hydrogen (secondary N) is 2. The van der Waals surface area contributed by atoms with E-state index in [1.807, 2.05) is 25.1 Å². The van der Waals surface area contributed by atoms with E-state index in [1.54, 1.807) is 21.3 Å². The Morgan fingerprint density at radius 1 is 0.920 bits per heavy atom. The molecule has 0 aliphatic heterocycles. The van der Waals surface area contributed by atoms with Crippen LogP contribution >= 0.6 is 0 Å². The molecule has 2 N–H and O–H groups in total. The lowest BCUT2D eigenvalue weighted by Gasteiger charge is -2.15. The molecule has 0 saturated carbocycles. The van der Waals surface area contributed by atoms with Gasteiger partial charge in [-0.15, -0.1) is 0 Å². The van der Waals surface area contributed by atoms with Crippen LogP contribution in [0.25, 0.3) is 0 Å². The number of anilines is 3. The van der Waals surface area contributed by atoms with Gasteiger partial charge in [0, 0.05) is 30.4 Å². The monoisotopic (exact) mass is 346 g/mol. The average Bonchev–Trinajstić information content (AvgIpc) is 2.60. The van der Waals surface area contributed by atoms with E-state index >= 15 is 0 Å². The van der Waals surface area contributed by atoms with Gasteiger partial charge in [-0.2, -0.15) is 0 Å². The average molecular weight is 346 g/mol. The molecule has 136 valence electrons. The Morgan fingerprint density at radius 2 is 1.56 bits per heavy atom. The Labute approximate surface area is 148 Å². The van der Waals surface area contributed by atoms with Crippen molar-refractivity contribution in [1.29, 1.82) is 0 Å². The van der Waals surface area contributed by atoms with Gasteiger partial charge in [0.2, 0.25) is 5.75 Å². The highest BCUT2D eigenvalue weighted by Gasteiger charge is 2.14. The SMILES string of the molecule is CCCCNc1cc(Nc2cc(OC)c(OC)c(OC)c2)nc(C)n1. The Balaban J connectivity index is 2.26. The van der Waals surface area contributed by atoms with Crippen LogP contribution in [-0.4, -0.2) is 37.8 Å². The van der Waals surface area contributed by atoms with Gasteiger partial charge >= 0.3 is 0 Å². The summed E-state index contributed by atoms with van der Waals surface area (Å²) in [7, 11) is 4.76. The number of nitrogens with zero attached hydrogens (tertiary/aromatic N) is 2. The summed E-state index contributed by atoms with van der Waals surface area (Å²) < 4.78 is 16.1. The minimum Gasteiger partial charge on any atom is -0.493 e. The first kappa shape index (κ1) is 18.6. The highest BCUT2D eigenvalue weighted by atomic mass is 16.5. The van der Waals surface area contributed by atoms with Crippen LogP contribution in [0, 0.1) is 6.92 Å². The Hall–Kier alpha value is -2.70. The van der Waals surface area contributed by atoms with E-state index in [0.717, 1.165) is 30.9 Å². The van der Waals surface area contributed by atoms with Gasteiger partial charge in [-0.05, 0) is 13.3 Å². The number of hydrogen-bond acceptors (Lipinski definition) is 7. The first-order chi connectivity index (χ1) is 12.1. The molecule has 7 heteroatoms. The molecule has 0 amide bonds. The molecule has 1 aromatic carbocycles. The molecule has 7 nitrogen and oxygen atoms in total. The standard InChI is InChI=1S/C18H26N4O3/c1-6-7-8-19-16-11-17(21-12(2)20-16)22-13-9-14(23-3)18(25-5)15(10-13)24-4/h9-11H,6-8H2,1-5H3,(H2,19,20,21,22). The molecule has 2 rings (SSSR count). The maximum atomic E-state index is 5.38. The molecular formula is C18H26N4O3. The minimum absolute atomic E-state index is 0.552. The van der Waals surface area contributed by atoms with Crippen LogP contribution in [0.2, 0.25) is 0 Å². The third-order valence-corrected chi connectivity index (χ3v) is 3.61.